The van der Waals surface area contributed by atoms with E-state index in [1.54, 1.807) is 0 Å². The number of hydrogen-bond donors (Lipinski definition) is 1. The summed E-state index contributed by atoms with van der Waals surface area (Å²) in [5, 5.41) is 0. The summed E-state index contributed by atoms with van der Waals surface area (Å²) < 4.78 is 15.5. The summed E-state index contributed by atoms with van der Waals surface area (Å²) >= 11 is 5.44. The maximum absolute atomic E-state index is 5.79. The summed E-state index contributed by atoms with van der Waals surface area (Å²) in [5.41, 5.74) is 5.57. The first-order valence-electron chi connectivity index (χ1n) is 3.72. The van der Waals surface area contributed by atoms with Gasteiger partial charge in [-0.1, -0.05) is 18.5 Å². The molecule has 0 aliphatic rings. The van der Waals surface area contributed by atoms with E-state index in [0.29, 0.717) is 0 Å². The lowest BCUT2D eigenvalue weighted by atomic mass is 10.5. The topological polar surface area (TPSA) is 53.7 Å². The lowest BCUT2D eigenvalue weighted by Gasteiger charge is -2.29. The monoisotopic (exact) mass is 213 g/mol. The molecule has 0 aromatic heterocycles. The second-order valence-corrected chi connectivity index (χ2v) is 5.55. The van der Waals surface area contributed by atoms with Crippen molar-refractivity contribution in [1.82, 2.24) is 0 Å². The first kappa shape index (κ1) is 12.3. The third-order valence-electron chi connectivity index (χ3n) is 1.72. The molecule has 0 radical (unpaired) electrons. The van der Waals surface area contributed by atoms with Crippen molar-refractivity contribution in [2.24, 2.45) is 5.73 Å². The highest BCUT2D eigenvalue weighted by Gasteiger charge is 2.45. The lowest BCUT2D eigenvalue weighted by molar-refractivity contribution is 0.105. The Balaban J connectivity index is 4.33. The standard InChI is InChI=1S/C6H16ClNO3Si/c1-4-6(8)12(9-2,10-3)11-5-7/h6H,4-5,8H2,1-3H3. The molecule has 0 aliphatic carbocycles. The number of nitrogens with two attached hydrogens (primary N) is 1. The summed E-state index contributed by atoms with van der Waals surface area (Å²) in [6, 6.07) is 0.0433. The molecule has 74 valence electrons. The van der Waals surface area contributed by atoms with Crippen molar-refractivity contribution in [2.45, 2.75) is 19.0 Å². The SMILES string of the molecule is CCC(N)[Si](OC)(OC)OCCl. The van der Waals surface area contributed by atoms with E-state index in [1.807, 2.05) is 6.92 Å². The van der Waals surface area contributed by atoms with Gasteiger partial charge in [-0.3, -0.25) is 0 Å². The molecule has 0 bridgehead atoms. The van der Waals surface area contributed by atoms with Gasteiger partial charge < -0.3 is 19.0 Å². The van der Waals surface area contributed by atoms with Crippen LogP contribution < -0.4 is 5.73 Å². The van der Waals surface area contributed by atoms with Crippen LogP contribution in [0.1, 0.15) is 13.3 Å². The van der Waals surface area contributed by atoms with Crippen molar-refractivity contribution < 1.29 is 13.3 Å². The molecule has 0 rings (SSSR count). The van der Waals surface area contributed by atoms with Crippen molar-refractivity contribution in [3.8, 4) is 0 Å². The highest BCUT2D eigenvalue weighted by Crippen LogP contribution is 2.13. The number of rotatable bonds is 6. The Labute approximate surface area is 79.3 Å². The van der Waals surface area contributed by atoms with E-state index in [9.17, 15) is 0 Å². The Morgan fingerprint density at radius 2 is 1.92 bits per heavy atom. The summed E-state index contributed by atoms with van der Waals surface area (Å²) in [7, 11) is 0.350. The maximum Gasteiger partial charge on any atom is 0.518 e. The summed E-state index contributed by atoms with van der Waals surface area (Å²) in [6.07, 6.45) is 0.741. The molecule has 1 unspecified atom stereocenters. The highest BCUT2D eigenvalue weighted by atomic mass is 35.5. The van der Waals surface area contributed by atoms with E-state index in [4.69, 9.17) is 30.6 Å². The fourth-order valence-corrected chi connectivity index (χ4v) is 3.27. The lowest BCUT2D eigenvalue weighted by Crippen LogP contribution is -2.58. The molecule has 12 heavy (non-hydrogen) atoms. The van der Waals surface area contributed by atoms with E-state index in [-0.39, 0.29) is 11.7 Å². The Morgan fingerprint density at radius 1 is 1.42 bits per heavy atom. The normalized spacial score (nSPS) is 14.8. The van der Waals surface area contributed by atoms with E-state index in [1.165, 1.54) is 14.2 Å². The molecule has 6 heteroatoms. The quantitative estimate of drug-likeness (QED) is 0.522. The third kappa shape index (κ3) is 2.69. The molecule has 0 aromatic carbocycles. The van der Waals surface area contributed by atoms with Crippen LogP contribution in [0.15, 0.2) is 0 Å². The Bertz CT molecular complexity index is 123. The molecule has 0 amide bonds. The minimum absolute atomic E-state index is 0.0433. The molecular weight excluding hydrogens is 198 g/mol. The fourth-order valence-electron chi connectivity index (χ4n) is 0.937. The van der Waals surface area contributed by atoms with Crippen LogP contribution in [-0.4, -0.2) is 34.8 Å². The summed E-state index contributed by atoms with van der Waals surface area (Å²) in [4.78, 5) is 0. The van der Waals surface area contributed by atoms with Gasteiger partial charge in [-0.2, -0.15) is 0 Å². The number of alkyl halides is 1. The zero-order valence-corrected chi connectivity index (χ0v) is 9.43. The zero-order chi connectivity index (χ0) is 9.61. The van der Waals surface area contributed by atoms with Crippen LogP contribution in [0.2, 0.25) is 0 Å². The van der Waals surface area contributed by atoms with Crippen LogP contribution >= 0.6 is 11.6 Å². The second-order valence-electron chi connectivity index (χ2n) is 2.28. The smallest absolute Gasteiger partial charge is 0.376 e. The van der Waals surface area contributed by atoms with Crippen molar-refractivity contribution in [2.75, 3.05) is 20.3 Å². The van der Waals surface area contributed by atoms with Gasteiger partial charge in [0.15, 0.2) is 0 Å². The minimum Gasteiger partial charge on any atom is -0.376 e. The third-order valence-corrected chi connectivity index (χ3v) is 5.01. The van der Waals surface area contributed by atoms with Gasteiger partial charge in [0, 0.05) is 14.2 Å². The predicted octanol–water partition coefficient (Wildman–Crippen LogP) is 0.707. The van der Waals surface area contributed by atoms with E-state index >= 15 is 0 Å². The molecule has 0 aliphatic heterocycles. The number of halogens is 1. The van der Waals surface area contributed by atoms with Gasteiger partial charge in [0.05, 0.1) is 5.67 Å². The van der Waals surface area contributed by atoms with Gasteiger partial charge in [-0.25, -0.2) is 0 Å². The Kier molecular flexibility index (Phi) is 6.07. The molecule has 0 fully saturated rings. The molecular formula is C6H16ClNO3Si. The van der Waals surface area contributed by atoms with Gasteiger partial charge >= 0.3 is 8.80 Å². The van der Waals surface area contributed by atoms with E-state index in [2.05, 4.69) is 0 Å². The second kappa shape index (κ2) is 5.90. The molecule has 1 atom stereocenters. The molecule has 0 saturated heterocycles. The molecule has 0 saturated carbocycles. The first-order chi connectivity index (χ1) is 5.66. The summed E-state index contributed by atoms with van der Waals surface area (Å²) in [6.45, 7) is 1.95. The van der Waals surface area contributed by atoms with Crippen LogP contribution in [-0.2, 0) is 13.3 Å². The highest BCUT2D eigenvalue weighted by molar-refractivity contribution is 6.62. The first-order valence-corrected chi connectivity index (χ1v) is 6.06. The minimum atomic E-state index is -2.70. The zero-order valence-electron chi connectivity index (χ0n) is 7.67. The summed E-state index contributed by atoms with van der Waals surface area (Å²) in [5.74, 6) is 0. The van der Waals surface area contributed by atoms with Crippen molar-refractivity contribution in [3.63, 3.8) is 0 Å². The van der Waals surface area contributed by atoms with E-state index in [0.717, 1.165) is 6.42 Å². The largest absolute Gasteiger partial charge is 0.518 e. The van der Waals surface area contributed by atoms with Gasteiger partial charge in [0.1, 0.15) is 6.07 Å². The maximum atomic E-state index is 5.79. The Morgan fingerprint density at radius 3 is 2.17 bits per heavy atom. The van der Waals surface area contributed by atoms with Crippen molar-refractivity contribution in [3.05, 3.63) is 0 Å². The average Bonchev–Trinajstić information content (AvgIpc) is 2.13. The van der Waals surface area contributed by atoms with Gasteiger partial charge in [-0.15, -0.1) is 0 Å². The predicted molar refractivity (Wildman–Crippen MR) is 49.8 cm³/mol. The van der Waals surface area contributed by atoms with Crippen LogP contribution in [0.5, 0.6) is 0 Å². The molecule has 4 nitrogen and oxygen atoms in total. The fraction of sp³-hybridized carbons (Fsp3) is 1.00. The van der Waals surface area contributed by atoms with Crippen LogP contribution in [0.3, 0.4) is 0 Å². The van der Waals surface area contributed by atoms with Crippen molar-refractivity contribution >= 4 is 20.4 Å². The van der Waals surface area contributed by atoms with Gasteiger partial charge in [0.2, 0.25) is 0 Å². The Hall–Kier alpha value is 0.347. The molecule has 0 spiro atoms. The van der Waals surface area contributed by atoms with Crippen LogP contribution in [0.4, 0.5) is 0 Å². The van der Waals surface area contributed by atoms with Gasteiger partial charge in [0.25, 0.3) is 0 Å². The molecule has 0 heterocycles. The average molecular weight is 214 g/mol. The van der Waals surface area contributed by atoms with Crippen LogP contribution in [0.25, 0.3) is 0 Å². The van der Waals surface area contributed by atoms with Crippen molar-refractivity contribution in [1.29, 1.82) is 0 Å². The van der Waals surface area contributed by atoms with Crippen LogP contribution in [0, 0.1) is 0 Å². The number of hydrogen-bond acceptors (Lipinski definition) is 4. The van der Waals surface area contributed by atoms with Gasteiger partial charge in [-0.05, 0) is 6.42 Å². The molecule has 0 aromatic rings. The van der Waals surface area contributed by atoms with E-state index < -0.39 is 8.80 Å². The molecule has 2 N–H and O–H groups in total.